The van der Waals surface area contributed by atoms with E-state index in [4.69, 9.17) is 10.00 Å². The maximum atomic E-state index is 13.0. The third kappa shape index (κ3) is 2.90. The minimum absolute atomic E-state index is 0.00704. The van der Waals surface area contributed by atoms with Crippen molar-refractivity contribution in [3.05, 3.63) is 66.4 Å². The van der Waals surface area contributed by atoms with Crippen molar-refractivity contribution >= 4 is 5.91 Å². The average molecular weight is 385 g/mol. The maximum absolute atomic E-state index is 13.0. The summed E-state index contributed by atoms with van der Waals surface area (Å²) in [5, 5.41) is 16.3. The third-order valence-electron chi connectivity index (χ3n) is 5.67. The molecule has 3 aromatic rings. The summed E-state index contributed by atoms with van der Waals surface area (Å²) in [5.74, 6) is 1.31. The second kappa shape index (κ2) is 6.67. The third-order valence-corrected chi connectivity index (χ3v) is 5.67. The molecule has 0 radical (unpaired) electrons. The first-order valence-electron chi connectivity index (χ1n) is 9.54. The molecule has 29 heavy (non-hydrogen) atoms. The zero-order chi connectivity index (χ0) is 20.0. The van der Waals surface area contributed by atoms with Gasteiger partial charge in [-0.05, 0) is 37.3 Å². The van der Waals surface area contributed by atoms with E-state index in [-0.39, 0.29) is 24.0 Å². The highest BCUT2D eigenvalue weighted by atomic mass is 16.5. The lowest BCUT2D eigenvalue weighted by Gasteiger charge is -2.24. The van der Waals surface area contributed by atoms with E-state index in [0.29, 0.717) is 23.7 Å². The fourth-order valence-corrected chi connectivity index (χ4v) is 4.12. The highest BCUT2D eigenvalue weighted by molar-refractivity contribution is 5.94. The number of aromatic amines is 1. The molecule has 0 saturated carbocycles. The number of carbonyl (C=O) groups excluding carboxylic acids is 1. The van der Waals surface area contributed by atoms with E-state index in [1.165, 1.54) is 0 Å². The van der Waals surface area contributed by atoms with Gasteiger partial charge in [0.15, 0.2) is 6.19 Å². The van der Waals surface area contributed by atoms with Crippen LogP contribution < -0.4 is 4.74 Å². The normalized spacial score (nSPS) is 22.1. The highest BCUT2D eigenvalue weighted by Gasteiger charge is 2.59. The van der Waals surface area contributed by atoms with E-state index < -0.39 is 0 Å². The number of piperazine rings is 1. The van der Waals surface area contributed by atoms with Crippen molar-refractivity contribution in [3.63, 3.8) is 0 Å². The molecule has 5 rings (SSSR count). The Bertz CT molecular complexity index is 1100. The van der Waals surface area contributed by atoms with Gasteiger partial charge in [0.2, 0.25) is 0 Å². The molecule has 2 saturated heterocycles. The van der Waals surface area contributed by atoms with E-state index >= 15 is 0 Å². The van der Waals surface area contributed by atoms with Gasteiger partial charge in [-0.2, -0.15) is 10.4 Å². The summed E-state index contributed by atoms with van der Waals surface area (Å²) >= 11 is 0. The number of H-pyrrole nitrogens is 1. The number of nitrogens with one attached hydrogen (secondary N) is 1. The summed E-state index contributed by atoms with van der Waals surface area (Å²) in [5.41, 5.74) is 1.89. The molecule has 0 spiro atoms. The molecular formula is C22H19N5O2. The van der Waals surface area contributed by atoms with Crippen LogP contribution in [0.25, 0.3) is 11.3 Å². The quantitative estimate of drug-likeness (QED) is 0.550. The summed E-state index contributed by atoms with van der Waals surface area (Å²) in [6.45, 7) is 2.56. The largest absolute Gasteiger partial charge is 0.457 e. The Kier molecular flexibility index (Phi) is 3.98. The molecule has 0 bridgehead atoms. The number of fused-ring (bicyclic) bond motifs is 1. The van der Waals surface area contributed by atoms with Crippen LogP contribution in [-0.2, 0) is 0 Å². The molecule has 1 N–H and O–H groups in total. The number of nitrogens with zero attached hydrogens (tertiary/aromatic N) is 4. The Morgan fingerprint density at radius 2 is 1.97 bits per heavy atom. The van der Waals surface area contributed by atoms with Gasteiger partial charge in [0, 0.05) is 12.1 Å². The first-order chi connectivity index (χ1) is 14.2. The Hall–Kier alpha value is -3.79. The number of benzene rings is 2. The molecule has 1 unspecified atom stereocenters. The van der Waals surface area contributed by atoms with Crippen LogP contribution in [0.2, 0.25) is 0 Å². The molecule has 0 aliphatic carbocycles. The van der Waals surface area contributed by atoms with E-state index in [0.717, 1.165) is 11.3 Å². The number of hydrogen-bond donors (Lipinski definition) is 1. The van der Waals surface area contributed by atoms with Crippen LogP contribution in [0.5, 0.6) is 11.5 Å². The van der Waals surface area contributed by atoms with Gasteiger partial charge in [-0.15, -0.1) is 0 Å². The van der Waals surface area contributed by atoms with E-state index in [9.17, 15) is 4.79 Å². The van der Waals surface area contributed by atoms with Crippen molar-refractivity contribution in [2.75, 3.05) is 6.54 Å². The summed E-state index contributed by atoms with van der Waals surface area (Å²) in [6.07, 6.45) is 2.18. The minimum atomic E-state index is -0.0946. The number of hydrogen-bond acceptors (Lipinski definition) is 5. The predicted octanol–water partition coefficient (Wildman–Crippen LogP) is 3.25. The number of rotatable bonds is 4. The van der Waals surface area contributed by atoms with Gasteiger partial charge in [0.1, 0.15) is 17.2 Å². The van der Waals surface area contributed by atoms with Crippen molar-refractivity contribution in [3.8, 4) is 28.9 Å². The van der Waals surface area contributed by atoms with Gasteiger partial charge in [0.05, 0.1) is 23.8 Å². The molecule has 2 fully saturated rings. The standard InChI is InChI=1S/C22H19N5O2/c1-14-21-19(27(21)13-23)12-26(14)22(28)18-11-17(24-25-18)16-9-5-6-10-20(16)29-15-7-3-2-4-8-15/h2-11,14,19,21H,12H2,1H3,(H,24,25)/t14-,19+,21?,27?/m0/s1. The van der Waals surface area contributed by atoms with Crippen LogP contribution in [0.3, 0.4) is 0 Å². The lowest BCUT2D eigenvalue weighted by atomic mass is 10.1. The molecule has 3 heterocycles. The fraction of sp³-hybridized carbons (Fsp3) is 0.227. The maximum Gasteiger partial charge on any atom is 0.272 e. The topological polar surface area (TPSA) is 85.0 Å². The first kappa shape index (κ1) is 17.3. The smallest absolute Gasteiger partial charge is 0.272 e. The summed E-state index contributed by atoms with van der Waals surface area (Å²) in [6, 6.07) is 19.2. The number of likely N-dealkylation sites (tertiary alicyclic amines) is 1. The van der Waals surface area contributed by atoms with Crippen LogP contribution in [0.15, 0.2) is 60.7 Å². The van der Waals surface area contributed by atoms with Gasteiger partial charge < -0.3 is 9.64 Å². The van der Waals surface area contributed by atoms with Crippen molar-refractivity contribution in [2.45, 2.75) is 25.0 Å². The molecule has 2 aliphatic rings. The Balaban J connectivity index is 1.37. The molecule has 1 aromatic heterocycles. The fourth-order valence-electron chi connectivity index (χ4n) is 4.12. The lowest BCUT2D eigenvalue weighted by molar-refractivity contribution is 0.0703. The van der Waals surface area contributed by atoms with Gasteiger partial charge in [-0.1, -0.05) is 30.3 Å². The van der Waals surface area contributed by atoms with Gasteiger partial charge in [0.25, 0.3) is 5.91 Å². The minimum Gasteiger partial charge on any atom is -0.457 e. The number of ether oxygens (including phenoxy) is 1. The molecular weight excluding hydrogens is 366 g/mol. The summed E-state index contributed by atoms with van der Waals surface area (Å²) < 4.78 is 6.01. The number of carbonyl (C=O) groups is 1. The Labute approximate surface area is 168 Å². The van der Waals surface area contributed by atoms with Crippen molar-refractivity contribution in [2.24, 2.45) is 0 Å². The van der Waals surface area contributed by atoms with Crippen LogP contribution in [0, 0.1) is 11.5 Å². The van der Waals surface area contributed by atoms with Crippen LogP contribution in [-0.4, -0.2) is 50.6 Å². The lowest BCUT2D eigenvalue weighted by Crippen LogP contribution is -2.40. The number of para-hydroxylation sites is 2. The number of amides is 1. The summed E-state index contributed by atoms with van der Waals surface area (Å²) in [7, 11) is 0. The molecule has 2 aliphatic heterocycles. The summed E-state index contributed by atoms with van der Waals surface area (Å²) in [4.78, 5) is 16.5. The highest BCUT2D eigenvalue weighted by Crippen LogP contribution is 2.40. The van der Waals surface area contributed by atoms with Gasteiger partial charge in [-0.25, -0.2) is 0 Å². The predicted molar refractivity (Wildman–Crippen MR) is 106 cm³/mol. The van der Waals surface area contributed by atoms with Crippen LogP contribution in [0.1, 0.15) is 17.4 Å². The molecule has 3 atom stereocenters. The average Bonchev–Trinajstić information content (AvgIpc) is 3.05. The van der Waals surface area contributed by atoms with Crippen molar-refractivity contribution in [1.29, 1.82) is 5.26 Å². The molecule has 1 amide bonds. The molecule has 2 aromatic carbocycles. The van der Waals surface area contributed by atoms with Crippen LogP contribution >= 0.6 is 0 Å². The van der Waals surface area contributed by atoms with Crippen molar-refractivity contribution < 1.29 is 9.53 Å². The number of nitriles is 1. The Morgan fingerprint density at radius 3 is 2.69 bits per heavy atom. The van der Waals surface area contributed by atoms with E-state index in [1.807, 2.05) is 66.4 Å². The second-order valence-corrected chi connectivity index (χ2v) is 7.34. The first-order valence-corrected chi connectivity index (χ1v) is 9.54. The Morgan fingerprint density at radius 1 is 1.21 bits per heavy atom. The monoisotopic (exact) mass is 385 g/mol. The molecule has 7 heteroatoms. The van der Waals surface area contributed by atoms with Crippen molar-refractivity contribution in [1.82, 2.24) is 20.0 Å². The van der Waals surface area contributed by atoms with Crippen LogP contribution in [0.4, 0.5) is 0 Å². The molecule has 7 nitrogen and oxygen atoms in total. The van der Waals surface area contributed by atoms with E-state index in [1.54, 1.807) is 11.0 Å². The number of aromatic nitrogens is 2. The van der Waals surface area contributed by atoms with Gasteiger partial charge in [-0.3, -0.25) is 14.8 Å². The zero-order valence-electron chi connectivity index (χ0n) is 15.8. The van der Waals surface area contributed by atoms with Gasteiger partial charge >= 0.3 is 0 Å². The SMILES string of the molecule is C[C@H]1C2[C@@H](CN1C(=O)c1cc(-c3ccccc3Oc3ccccc3)n[nH]1)N2C#N. The second-order valence-electron chi connectivity index (χ2n) is 7.34. The van der Waals surface area contributed by atoms with E-state index in [2.05, 4.69) is 16.4 Å². The zero-order valence-corrected chi connectivity index (χ0v) is 15.8. The molecule has 144 valence electrons.